The highest BCUT2D eigenvalue weighted by atomic mass is 16.3. The zero-order chi connectivity index (χ0) is 19.9. The SMILES string of the molecule is Oc1ccccc1CN(CCN1CCCCC1)C[C@H]1CCCN(C2CCCC2)C1. The predicted octanol–water partition coefficient (Wildman–Crippen LogP) is 4.33. The second-order valence-electron chi connectivity index (χ2n) is 9.71. The molecule has 1 atom stereocenters. The van der Waals surface area contributed by atoms with Crippen LogP contribution >= 0.6 is 0 Å². The van der Waals surface area contributed by atoms with Crippen LogP contribution in [0.1, 0.15) is 63.4 Å². The molecule has 3 fully saturated rings. The Morgan fingerprint density at radius 2 is 1.69 bits per heavy atom. The molecule has 2 saturated heterocycles. The van der Waals surface area contributed by atoms with Crippen molar-refractivity contribution in [2.45, 2.75) is 70.4 Å². The fourth-order valence-corrected chi connectivity index (χ4v) is 5.80. The molecule has 4 rings (SSSR count). The van der Waals surface area contributed by atoms with Gasteiger partial charge in [-0.25, -0.2) is 0 Å². The molecule has 2 heterocycles. The lowest BCUT2D eigenvalue weighted by Crippen LogP contribution is -2.46. The van der Waals surface area contributed by atoms with E-state index in [0.29, 0.717) is 5.75 Å². The van der Waals surface area contributed by atoms with Crippen molar-refractivity contribution in [3.05, 3.63) is 29.8 Å². The summed E-state index contributed by atoms with van der Waals surface area (Å²) in [5.74, 6) is 1.23. The summed E-state index contributed by atoms with van der Waals surface area (Å²) in [7, 11) is 0. The molecule has 4 heteroatoms. The van der Waals surface area contributed by atoms with Gasteiger partial charge in [0.25, 0.3) is 0 Å². The molecule has 1 N–H and O–H groups in total. The maximum absolute atomic E-state index is 10.3. The largest absolute Gasteiger partial charge is 0.508 e. The topological polar surface area (TPSA) is 30.0 Å². The van der Waals surface area contributed by atoms with E-state index in [-0.39, 0.29) is 0 Å². The minimum absolute atomic E-state index is 0.451. The van der Waals surface area contributed by atoms with Crippen LogP contribution in [0.3, 0.4) is 0 Å². The third-order valence-corrected chi connectivity index (χ3v) is 7.47. The minimum atomic E-state index is 0.451. The molecule has 0 spiro atoms. The van der Waals surface area contributed by atoms with Crippen LogP contribution in [0.5, 0.6) is 5.75 Å². The van der Waals surface area contributed by atoms with Gasteiger partial charge in [-0.05, 0) is 70.1 Å². The molecule has 2 aliphatic heterocycles. The number of para-hydroxylation sites is 1. The highest BCUT2D eigenvalue weighted by Crippen LogP contribution is 2.29. The summed E-state index contributed by atoms with van der Waals surface area (Å²) in [5.41, 5.74) is 1.08. The Hall–Kier alpha value is -1.10. The van der Waals surface area contributed by atoms with Gasteiger partial charge < -0.3 is 14.9 Å². The maximum Gasteiger partial charge on any atom is 0.120 e. The van der Waals surface area contributed by atoms with Gasteiger partial charge in [0.1, 0.15) is 5.75 Å². The van der Waals surface area contributed by atoms with Gasteiger partial charge >= 0.3 is 0 Å². The molecule has 1 aliphatic carbocycles. The lowest BCUT2D eigenvalue weighted by atomic mass is 9.95. The van der Waals surface area contributed by atoms with Crippen LogP contribution < -0.4 is 0 Å². The van der Waals surface area contributed by atoms with Crippen molar-refractivity contribution >= 4 is 0 Å². The van der Waals surface area contributed by atoms with Crippen molar-refractivity contribution in [2.75, 3.05) is 45.8 Å². The van der Waals surface area contributed by atoms with Gasteiger partial charge in [0.05, 0.1) is 0 Å². The zero-order valence-electron chi connectivity index (χ0n) is 18.3. The molecule has 162 valence electrons. The number of rotatable bonds is 8. The first-order valence-electron chi connectivity index (χ1n) is 12.2. The predicted molar refractivity (Wildman–Crippen MR) is 120 cm³/mol. The van der Waals surface area contributed by atoms with E-state index in [9.17, 15) is 5.11 Å². The van der Waals surface area contributed by atoms with E-state index in [4.69, 9.17) is 0 Å². The summed E-state index contributed by atoms with van der Waals surface area (Å²) in [6.07, 6.45) is 12.5. The Kier molecular flexibility index (Phi) is 7.87. The fourth-order valence-electron chi connectivity index (χ4n) is 5.80. The number of hydrogen-bond donors (Lipinski definition) is 1. The van der Waals surface area contributed by atoms with Gasteiger partial charge in [0.15, 0.2) is 0 Å². The number of aromatic hydroxyl groups is 1. The van der Waals surface area contributed by atoms with Gasteiger partial charge in [-0.15, -0.1) is 0 Å². The standard InChI is InChI=1S/C25H41N3O/c29-25-13-5-2-10-23(25)21-27(18-17-26-14-6-1-7-15-26)19-22-9-8-16-28(20-22)24-11-3-4-12-24/h2,5,10,13,22,24,29H,1,3-4,6-9,11-12,14-21H2/t22-/m1/s1. The molecule has 0 aromatic heterocycles. The number of phenolic OH excluding ortho intramolecular Hbond substituents is 1. The van der Waals surface area contributed by atoms with Crippen LogP contribution in [-0.2, 0) is 6.54 Å². The van der Waals surface area contributed by atoms with E-state index in [0.717, 1.165) is 30.6 Å². The Labute approximate surface area is 177 Å². The molecule has 0 amide bonds. The van der Waals surface area contributed by atoms with Gasteiger partial charge in [-0.1, -0.05) is 37.5 Å². The molecule has 29 heavy (non-hydrogen) atoms. The van der Waals surface area contributed by atoms with Gasteiger partial charge in [-0.3, -0.25) is 4.90 Å². The van der Waals surface area contributed by atoms with Crippen LogP contribution in [0.25, 0.3) is 0 Å². The van der Waals surface area contributed by atoms with Crippen LogP contribution in [0.15, 0.2) is 24.3 Å². The molecule has 1 saturated carbocycles. The highest BCUT2D eigenvalue weighted by Gasteiger charge is 2.29. The summed E-state index contributed by atoms with van der Waals surface area (Å²) < 4.78 is 0. The highest BCUT2D eigenvalue weighted by molar-refractivity contribution is 5.31. The number of nitrogens with zero attached hydrogens (tertiary/aromatic N) is 3. The van der Waals surface area contributed by atoms with Gasteiger partial charge in [0.2, 0.25) is 0 Å². The van der Waals surface area contributed by atoms with Crippen molar-refractivity contribution in [1.29, 1.82) is 0 Å². The molecular weight excluding hydrogens is 358 g/mol. The first kappa shape index (κ1) is 21.1. The van der Waals surface area contributed by atoms with Gasteiger partial charge in [-0.2, -0.15) is 0 Å². The minimum Gasteiger partial charge on any atom is -0.508 e. The number of hydrogen-bond acceptors (Lipinski definition) is 4. The molecular formula is C25H41N3O. The first-order valence-corrected chi connectivity index (χ1v) is 12.2. The van der Waals surface area contributed by atoms with Crippen molar-refractivity contribution in [3.63, 3.8) is 0 Å². The first-order chi connectivity index (χ1) is 14.3. The Morgan fingerprint density at radius 3 is 2.48 bits per heavy atom. The lowest BCUT2D eigenvalue weighted by Gasteiger charge is -2.39. The normalized spacial score (nSPS) is 25.1. The van der Waals surface area contributed by atoms with Gasteiger partial charge in [0, 0.05) is 44.3 Å². The summed E-state index contributed by atoms with van der Waals surface area (Å²) in [4.78, 5) is 8.09. The van der Waals surface area contributed by atoms with Crippen LogP contribution in [-0.4, -0.2) is 71.7 Å². The van der Waals surface area contributed by atoms with E-state index in [1.165, 1.54) is 97.1 Å². The molecule has 1 aromatic rings. The Morgan fingerprint density at radius 1 is 0.897 bits per heavy atom. The fraction of sp³-hybridized carbons (Fsp3) is 0.760. The van der Waals surface area contributed by atoms with Crippen molar-refractivity contribution in [2.24, 2.45) is 5.92 Å². The second kappa shape index (κ2) is 10.8. The molecule has 0 unspecified atom stereocenters. The third kappa shape index (κ3) is 6.19. The van der Waals surface area contributed by atoms with E-state index in [1.807, 2.05) is 12.1 Å². The third-order valence-electron chi connectivity index (χ3n) is 7.47. The molecule has 0 bridgehead atoms. The maximum atomic E-state index is 10.3. The lowest BCUT2D eigenvalue weighted by molar-refractivity contribution is 0.0909. The average molecular weight is 400 g/mol. The number of benzene rings is 1. The van der Waals surface area contributed by atoms with Crippen LogP contribution in [0.2, 0.25) is 0 Å². The van der Waals surface area contributed by atoms with E-state index >= 15 is 0 Å². The quantitative estimate of drug-likeness (QED) is 0.704. The molecule has 4 nitrogen and oxygen atoms in total. The van der Waals surface area contributed by atoms with Crippen molar-refractivity contribution in [1.82, 2.24) is 14.7 Å². The number of phenols is 1. The molecule has 3 aliphatic rings. The summed E-state index contributed by atoms with van der Waals surface area (Å²) >= 11 is 0. The smallest absolute Gasteiger partial charge is 0.120 e. The molecule has 1 aromatic carbocycles. The van der Waals surface area contributed by atoms with Crippen molar-refractivity contribution in [3.8, 4) is 5.75 Å². The molecule has 0 radical (unpaired) electrons. The number of piperidine rings is 2. The van der Waals surface area contributed by atoms with Crippen molar-refractivity contribution < 1.29 is 5.11 Å². The van der Waals surface area contributed by atoms with E-state index in [2.05, 4.69) is 26.8 Å². The van der Waals surface area contributed by atoms with E-state index in [1.54, 1.807) is 0 Å². The summed E-state index contributed by atoms with van der Waals surface area (Å²) in [5, 5.41) is 10.3. The van der Waals surface area contributed by atoms with Crippen LogP contribution in [0, 0.1) is 5.92 Å². The Bertz CT molecular complexity index is 610. The summed E-state index contributed by atoms with van der Waals surface area (Å²) in [6, 6.07) is 8.77. The monoisotopic (exact) mass is 399 g/mol. The zero-order valence-corrected chi connectivity index (χ0v) is 18.3. The average Bonchev–Trinajstić information content (AvgIpc) is 3.30. The number of likely N-dealkylation sites (tertiary alicyclic amines) is 2. The Balaban J connectivity index is 1.36. The van der Waals surface area contributed by atoms with Crippen LogP contribution in [0.4, 0.5) is 0 Å². The summed E-state index contributed by atoms with van der Waals surface area (Å²) in [6.45, 7) is 9.47. The second-order valence-corrected chi connectivity index (χ2v) is 9.71. The van der Waals surface area contributed by atoms with E-state index < -0.39 is 0 Å².